The van der Waals surface area contributed by atoms with Crippen molar-refractivity contribution in [2.45, 2.75) is 0 Å². The van der Waals surface area contributed by atoms with Gasteiger partial charge >= 0.3 is 0 Å². The molecular formula is C8H8PdS8-4. The molecule has 2 rings (SSSR count). The zero-order chi connectivity index (χ0) is 12.0. The van der Waals surface area contributed by atoms with Crippen molar-refractivity contribution in [3.8, 4) is 0 Å². The molecule has 17 heavy (non-hydrogen) atoms. The van der Waals surface area contributed by atoms with E-state index in [0.717, 1.165) is 40.0 Å². The van der Waals surface area contributed by atoms with Crippen LogP contribution >= 0.6 is 47.0 Å². The normalized spacial score (nSPS) is 20.2. The van der Waals surface area contributed by atoms with Crippen molar-refractivity contribution in [3.05, 3.63) is 16.9 Å². The van der Waals surface area contributed by atoms with E-state index in [1.165, 1.54) is 0 Å². The number of rotatable bonds is 0. The molecule has 0 saturated carbocycles. The third-order valence-corrected chi connectivity index (χ3v) is 8.71. The fourth-order valence-corrected chi connectivity index (χ4v) is 5.73. The van der Waals surface area contributed by atoms with E-state index in [-0.39, 0.29) is 20.4 Å². The molecule has 0 aromatic rings. The van der Waals surface area contributed by atoms with Crippen LogP contribution in [0.25, 0.3) is 0 Å². The second kappa shape index (κ2) is 11.1. The second-order valence-electron chi connectivity index (χ2n) is 2.54. The molecule has 0 nitrogen and oxygen atoms in total. The maximum atomic E-state index is 4.93. The Bertz CT molecular complexity index is 242. The first-order chi connectivity index (χ1) is 7.61. The average Bonchev–Trinajstić information content (AvgIpc) is 2.28. The van der Waals surface area contributed by atoms with E-state index in [1.807, 2.05) is 0 Å². The van der Waals surface area contributed by atoms with Crippen LogP contribution in [0.4, 0.5) is 0 Å². The van der Waals surface area contributed by atoms with E-state index < -0.39 is 0 Å². The SMILES string of the molecule is [Pd].[S-]C1=C([S-])SCCS1.[S-]C1=C([S-])SCCS1. The molecule has 0 saturated heterocycles. The Morgan fingerprint density at radius 1 is 0.529 bits per heavy atom. The Kier molecular flexibility index (Phi) is 12.7. The van der Waals surface area contributed by atoms with Crippen LogP contribution in [0.5, 0.6) is 0 Å². The van der Waals surface area contributed by atoms with E-state index >= 15 is 0 Å². The topological polar surface area (TPSA) is 0 Å². The minimum absolute atomic E-state index is 0. The Labute approximate surface area is 156 Å². The minimum Gasteiger partial charge on any atom is -0.774 e. The smallest absolute Gasteiger partial charge is 0.00527 e. The van der Waals surface area contributed by atoms with Gasteiger partial charge in [-0.25, -0.2) is 0 Å². The predicted octanol–water partition coefficient (Wildman–Crippen LogP) is 3.37. The molecule has 0 fully saturated rings. The molecule has 102 valence electrons. The number of thioether (sulfide) groups is 4. The molecule has 0 amide bonds. The molecule has 0 aromatic heterocycles. The van der Waals surface area contributed by atoms with Gasteiger partial charge in [-0.05, 0) is 0 Å². The van der Waals surface area contributed by atoms with Gasteiger partial charge < -0.3 is 50.5 Å². The predicted molar refractivity (Wildman–Crippen MR) is 93.3 cm³/mol. The molecule has 0 unspecified atom stereocenters. The van der Waals surface area contributed by atoms with E-state index in [4.69, 9.17) is 50.5 Å². The van der Waals surface area contributed by atoms with Gasteiger partial charge in [0.15, 0.2) is 0 Å². The zero-order valence-electron chi connectivity index (χ0n) is 8.41. The van der Waals surface area contributed by atoms with Crippen molar-refractivity contribution in [2.24, 2.45) is 0 Å². The van der Waals surface area contributed by atoms with Crippen molar-refractivity contribution in [1.29, 1.82) is 0 Å². The van der Waals surface area contributed by atoms with Crippen molar-refractivity contribution >= 4 is 97.6 Å². The summed E-state index contributed by atoms with van der Waals surface area (Å²) in [5.74, 6) is 4.51. The van der Waals surface area contributed by atoms with Crippen LogP contribution in [0, 0.1) is 0 Å². The molecule has 0 bridgehead atoms. The summed E-state index contributed by atoms with van der Waals surface area (Å²) in [6.45, 7) is 0. The van der Waals surface area contributed by atoms with Crippen molar-refractivity contribution in [3.63, 3.8) is 0 Å². The largest absolute Gasteiger partial charge is 0.774 e. The molecule has 0 radical (unpaired) electrons. The Balaban J connectivity index is 0.000000284. The summed E-state index contributed by atoms with van der Waals surface area (Å²) in [6.07, 6.45) is 0. The van der Waals surface area contributed by atoms with E-state index in [9.17, 15) is 0 Å². The van der Waals surface area contributed by atoms with Crippen LogP contribution < -0.4 is 0 Å². The molecule has 0 atom stereocenters. The van der Waals surface area contributed by atoms with Crippen LogP contribution in [0.1, 0.15) is 0 Å². The van der Waals surface area contributed by atoms with Crippen molar-refractivity contribution in [1.82, 2.24) is 0 Å². The molecule has 0 spiro atoms. The first-order valence-electron chi connectivity index (χ1n) is 4.29. The fourth-order valence-electron chi connectivity index (χ4n) is 0.773. The van der Waals surface area contributed by atoms with Gasteiger partial charge in [0.1, 0.15) is 0 Å². The summed E-state index contributed by atoms with van der Waals surface area (Å²) in [6, 6.07) is 0. The van der Waals surface area contributed by atoms with Crippen molar-refractivity contribution < 1.29 is 20.4 Å². The molecule has 2 aliphatic rings. The summed E-state index contributed by atoms with van der Waals surface area (Å²) in [5, 5.41) is 0. The van der Waals surface area contributed by atoms with Crippen LogP contribution in [0.15, 0.2) is 16.9 Å². The quantitative estimate of drug-likeness (QED) is 0.388. The Morgan fingerprint density at radius 3 is 0.824 bits per heavy atom. The van der Waals surface area contributed by atoms with Gasteiger partial charge in [-0.15, -0.1) is 0 Å². The van der Waals surface area contributed by atoms with Crippen molar-refractivity contribution in [2.75, 3.05) is 23.0 Å². The maximum Gasteiger partial charge on any atom is 0.00527 e. The van der Waals surface area contributed by atoms with Gasteiger partial charge in [0.05, 0.1) is 0 Å². The van der Waals surface area contributed by atoms with Gasteiger partial charge in [-0.1, -0.05) is 0 Å². The summed E-state index contributed by atoms with van der Waals surface area (Å²) >= 11 is 26.5. The zero-order valence-corrected chi connectivity index (χ0v) is 16.5. The van der Waals surface area contributed by atoms with E-state index in [2.05, 4.69) is 0 Å². The summed E-state index contributed by atoms with van der Waals surface area (Å²) in [5.41, 5.74) is 0. The number of hydrogen-bond acceptors (Lipinski definition) is 8. The number of hydrogen-bond donors (Lipinski definition) is 0. The van der Waals surface area contributed by atoms with Gasteiger partial charge in [0, 0.05) is 43.4 Å². The van der Waals surface area contributed by atoms with Gasteiger partial charge in [0.25, 0.3) is 0 Å². The fraction of sp³-hybridized carbons (Fsp3) is 0.500. The summed E-state index contributed by atoms with van der Waals surface area (Å²) in [7, 11) is 0. The van der Waals surface area contributed by atoms with Gasteiger partial charge in [0.2, 0.25) is 0 Å². The van der Waals surface area contributed by atoms with Crippen LogP contribution in [-0.4, -0.2) is 23.0 Å². The standard InChI is InChI=1S/2C4H6S4.Pd/c2*5-3-4(6)8-2-1-7-3;/h2*5-6H,1-2H2;/p-4. The molecular weight excluding hydrogens is 459 g/mol. The monoisotopic (exact) mass is 466 g/mol. The molecule has 9 heteroatoms. The summed E-state index contributed by atoms with van der Waals surface area (Å²) in [4.78, 5) is 0. The minimum atomic E-state index is 0. The van der Waals surface area contributed by atoms with E-state index in [0.29, 0.717) is 0 Å². The molecule has 0 aromatic carbocycles. The molecule has 0 N–H and O–H groups in total. The Hall–Kier alpha value is 2.42. The van der Waals surface area contributed by atoms with Crippen LogP contribution in [-0.2, 0) is 70.9 Å². The first kappa shape index (κ1) is 19.4. The summed E-state index contributed by atoms with van der Waals surface area (Å²) < 4.78 is 3.65. The first-order valence-corrected chi connectivity index (χ1v) is 9.86. The van der Waals surface area contributed by atoms with Crippen LogP contribution in [0.3, 0.4) is 0 Å². The van der Waals surface area contributed by atoms with E-state index in [1.54, 1.807) is 47.0 Å². The van der Waals surface area contributed by atoms with Gasteiger partial charge in [-0.2, -0.15) is 64.0 Å². The maximum absolute atomic E-state index is 4.93. The van der Waals surface area contributed by atoms with Crippen LogP contribution in [0.2, 0.25) is 0 Å². The Morgan fingerprint density at radius 2 is 0.706 bits per heavy atom. The second-order valence-corrected chi connectivity index (χ2v) is 9.63. The third kappa shape index (κ3) is 8.33. The third-order valence-electron chi connectivity index (χ3n) is 1.43. The molecule has 2 heterocycles. The molecule has 0 aliphatic carbocycles. The average molecular weight is 467 g/mol. The molecule has 2 aliphatic heterocycles. The van der Waals surface area contributed by atoms with Gasteiger partial charge in [-0.3, -0.25) is 0 Å².